The van der Waals surface area contributed by atoms with Crippen LogP contribution in [-0.4, -0.2) is 18.2 Å². The largest absolute Gasteiger partial charge is 0.496 e. The fourth-order valence-electron chi connectivity index (χ4n) is 2.14. The number of carboxylic acid groups (broad SMARTS) is 1. The number of hydrogen-bond acceptors (Lipinski definition) is 2. The van der Waals surface area contributed by atoms with Crippen LogP contribution in [0, 0.1) is 18.8 Å². The van der Waals surface area contributed by atoms with Gasteiger partial charge in [-0.3, -0.25) is 4.79 Å². The van der Waals surface area contributed by atoms with Crippen molar-refractivity contribution >= 4 is 5.97 Å². The van der Waals surface area contributed by atoms with E-state index in [4.69, 9.17) is 9.84 Å². The first-order chi connectivity index (χ1) is 8.43. The lowest BCUT2D eigenvalue weighted by Gasteiger charge is -2.19. The molecule has 0 aliphatic carbocycles. The third-order valence-electron chi connectivity index (χ3n) is 3.34. The number of carboxylic acids is 1. The van der Waals surface area contributed by atoms with Gasteiger partial charge in [-0.2, -0.15) is 0 Å². The zero-order valence-corrected chi connectivity index (χ0v) is 11.6. The van der Waals surface area contributed by atoms with E-state index in [0.717, 1.165) is 17.7 Å². The van der Waals surface area contributed by atoms with Gasteiger partial charge in [-0.1, -0.05) is 26.0 Å². The molecule has 1 atom stereocenters. The van der Waals surface area contributed by atoms with Crippen LogP contribution in [0.4, 0.5) is 0 Å². The second kappa shape index (κ2) is 6.43. The second-order valence-electron chi connectivity index (χ2n) is 5.11. The predicted molar refractivity (Wildman–Crippen MR) is 72.0 cm³/mol. The zero-order chi connectivity index (χ0) is 13.7. The van der Waals surface area contributed by atoms with E-state index in [1.807, 2.05) is 19.1 Å². The van der Waals surface area contributed by atoms with Crippen molar-refractivity contribution in [2.75, 3.05) is 7.11 Å². The van der Waals surface area contributed by atoms with Crippen molar-refractivity contribution in [1.29, 1.82) is 0 Å². The summed E-state index contributed by atoms with van der Waals surface area (Å²) in [6.45, 7) is 6.15. The monoisotopic (exact) mass is 250 g/mol. The lowest BCUT2D eigenvalue weighted by atomic mass is 9.86. The first-order valence-electron chi connectivity index (χ1n) is 6.29. The molecule has 0 fully saturated rings. The zero-order valence-electron chi connectivity index (χ0n) is 11.6. The Kier molecular flexibility index (Phi) is 5.20. The van der Waals surface area contributed by atoms with Gasteiger partial charge < -0.3 is 9.84 Å². The molecule has 1 rings (SSSR count). The van der Waals surface area contributed by atoms with Gasteiger partial charge in [0.1, 0.15) is 5.75 Å². The molecule has 0 aliphatic rings. The van der Waals surface area contributed by atoms with Crippen LogP contribution in [0.3, 0.4) is 0 Å². The van der Waals surface area contributed by atoms with E-state index in [2.05, 4.69) is 19.9 Å². The summed E-state index contributed by atoms with van der Waals surface area (Å²) in [5, 5.41) is 8.93. The lowest BCUT2D eigenvalue weighted by Crippen LogP contribution is -2.16. The molecule has 0 aliphatic heterocycles. The topological polar surface area (TPSA) is 46.5 Å². The molecule has 0 saturated heterocycles. The molecule has 1 aromatic rings. The fourth-order valence-corrected chi connectivity index (χ4v) is 2.14. The number of methoxy groups -OCH3 is 1. The normalized spacial score (nSPS) is 12.5. The van der Waals surface area contributed by atoms with E-state index >= 15 is 0 Å². The van der Waals surface area contributed by atoms with E-state index < -0.39 is 5.97 Å². The van der Waals surface area contributed by atoms with Crippen molar-refractivity contribution < 1.29 is 14.6 Å². The number of hydrogen-bond donors (Lipinski definition) is 1. The summed E-state index contributed by atoms with van der Waals surface area (Å²) < 4.78 is 5.22. The summed E-state index contributed by atoms with van der Waals surface area (Å²) >= 11 is 0. The maximum Gasteiger partial charge on any atom is 0.303 e. The SMILES string of the molecule is COc1ccc(CC(CC(=O)O)C(C)C)cc1C. The number of ether oxygens (including phenoxy) is 1. The average molecular weight is 250 g/mol. The summed E-state index contributed by atoms with van der Waals surface area (Å²) in [6, 6.07) is 6.04. The molecule has 1 unspecified atom stereocenters. The van der Waals surface area contributed by atoms with Gasteiger partial charge in [0.05, 0.1) is 7.11 Å². The van der Waals surface area contributed by atoms with Gasteiger partial charge in [0.2, 0.25) is 0 Å². The highest BCUT2D eigenvalue weighted by atomic mass is 16.5. The second-order valence-corrected chi connectivity index (χ2v) is 5.11. The van der Waals surface area contributed by atoms with Gasteiger partial charge in [-0.05, 0) is 42.4 Å². The van der Waals surface area contributed by atoms with Crippen LogP contribution >= 0.6 is 0 Å². The van der Waals surface area contributed by atoms with Crippen LogP contribution in [-0.2, 0) is 11.2 Å². The number of benzene rings is 1. The summed E-state index contributed by atoms with van der Waals surface area (Å²) in [5.41, 5.74) is 2.26. The first-order valence-corrected chi connectivity index (χ1v) is 6.29. The molecule has 0 heterocycles. The first kappa shape index (κ1) is 14.6. The van der Waals surface area contributed by atoms with Crippen LogP contribution in [0.15, 0.2) is 18.2 Å². The quantitative estimate of drug-likeness (QED) is 0.842. The van der Waals surface area contributed by atoms with Crippen LogP contribution in [0.5, 0.6) is 5.75 Å². The van der Waals surface area contributed by atoms with Crippen molar-refractivity contribution in [1.82, 2.24) is 0 Å². The average Bonchev–Trinajstić information content (AvgIpc) is 2.27. The Labute approximate surface area is 109 Å². The van der Waals surface area contributed by atoms with Gasteiger partial charge in [0.15, 0.2) is 0 Å². The van der Waals surface area contributed by atoms with Crippen molar-refractivity contribution in [3.8, 4) is 5.75 Å². The van der Waals surface area contributed by atoms with E-state index in [1.165, 1.54) is 5.56 Å². The van der Waals surface area contributed by atoms with Crippen molar-refractivity contribution in [2.45, 2.75) is 33.6 Å². The molecule has 0 amide bonds. The van der Waals surface area contributed by atoms with E-state index in [9.17, 15) is 4.79 Å². The Morgan fingerprint density at radius 1 is 1.39 bits per heavy atom. The molecule has 0 radical (unpaired) electrons. The van der Waals surface area contributed by atoms with Crippen molar-refractivity contribution in [3.63, 3.8) is 0 Å². The summed E-state index contributed by atoms with van der Waals surface area (Å²) in [6.07, 6.45) is 1.03. The smallest absolute Gasteiger partial charge is 0.303 e. The molecular formula is C15H22O3. The van der Waals surface area contributed by atoms with Crippen molar-refractivity contribution in [3.05, 3.63) is 29.3 Å². The fraction of sp³-hybridized carbons (Fsp3) is 0.533. The molecule has 1 N–H and O–H groups in total. The number of aryl methyl sites for hydroxylation is 1. The van der Waals surface area contributed by atoms with Crippen LogP contribution in [0.25, 0.3) is 0 Å². The maximum absolute atomic E-state index is 10.9. The third-order valence-corrected chi connectivity index (χ3v) is 3.34. The summed E-state index contributed by atoms with van der Waals surface area (Å²) in [4.78, 5) is 10.9. The van der Waals surface area contributed by atoms with Gasteiger partial charge in [-0.25, -0.2) is 0 Å². The number of carbonyl (C=O) groups is 1. The van der Waals surface area contributed by atoms with Gasteiger partial charge in [0.25, 0.3) is 0 Å². The Bertz CT molecular complexity index is 410. The molecule has 0 bridgehead atoms. The van der Waals surface area contributed by atoms with Gasteiger partial charge in [0, 0.05) is 6.42 Å². The van der Waals surface area contributed by atoms with E-state index in [-0.39, 0.29) is 12.3 Å². The highest BCUT2D eigenvalue weighted by molar-refractivity contribution is 5.67. The van der Waals surface area contributed by atoms with Gasteiger partial charge >= 0.3 is 5.97 Å². The standard InChI is InChI=1S/C15H22O3/c1-10(2)13(9-15(16)17)8-12-5-6-14(18-4)11(3)7-12/h5-7,10,13H,8-9H2,1-4H3,(H,16,17). The molecule has 0 aromatic heterocycles. The van der Waals surface area contributed by atoms with Crippen LogP contribution < -0.4 is 4.74 Å². The molecular weight excluding hydrogens is 228 g/mol. The Morgan fingerprint density at radius 2 is 2.06 bits per heavy atom. The molecule has 18 heavy (non-hydrogen) atoms. The Morgan fingerprint density at radius 3 is 2.50 bits per heavy atom. The molecule has 0 saturated carbocycles. The van der Waals surface area contributed by atoms with Crippen LogP contribution in [0.2, 0.25) is 0 Å². The Balaban J connectivity index is 2.80. The summed E-state index contributed by atoms with van der Waals surface area (Å²) in [5.74, 6) is 0.691. The van der Waals surface area contributed by atoms with E-state index in [0.29, 0.717) is 5.92 Å². The maximum atomic E-state index is 10.9. The highest BCUT2D eigenvalue weighted by Gasteiger charge is 2.18. The summed E-state index contributed by atoms with van der Waals surface area (Å²) in [7, 11) is 1.66. The Hall–Kier alpha value is -1.51. The third kappa shape index (κ3) is 4.06. The number of aliphatic carboxylic acids is 1. The van der Waals surface area contributed by atoms with Gasteiger partial charge in [-0.15, -0.1) is 0 Å². The minimum atomic E-state index is -0.723. The van der Waals surface area contributed by atoms with E-state index in [1.54, 1.807) is 7.11 Å². The lowest BCUT2D eigenvalue weighted by molar-refractivity contribution is -0.138. The van der Waals surface area contributed by atoms with Crippen molar-refractivity contribution in [2.24, 2.45) is 11.8 Å². The highest BCUT2D eigenvalue weighted by Crippen LogP contribution is 2.24. The number of rotatable bonds is 6. The minimum absolute atomic E-state index is 0.176. The minimum Gasteiger partial charge on any atom is -0.496 e. The predicted octanol–water partition coefficient (Wildman–Crippen LogP) is 3.29. The molecule has 3 nitrogen and oxygen atoms in total. The van der Waals surface area contributed by atoms with Crippen LogP contribution in [0.1, 0.15) is 31.4 Å². The molecule has 0 spiro atoms. The molecule has 1 aromatic carbocycles. The molecule has 100 valence electrons. The molecule has 3 heteroatoms.